The lowest BCUT2D eigenvalue weighted by atomic mass is 10.1. The largest absolute Gasteiger partial charge is 0.368 e. The quantitative estimate of drug-likeness (QED) is 0.723. The van der Waals surface area contributed by atoms with Gasteiger partial charge in [0.25, 0.3) is 0 Å². The highest BCUT2D eigenvalue weighted by Crippen LogP contribution is 2.24. The summed E-state index contributed by atoms with van der Waals surface area (Å²) in [5, 5.41) is 0. The van der Waals surface area contributed by atoms with Crippen molar-refractivity contribution in [2.75, 3.05) is 5.73 Å². The van der Waals surface area contributed by atoms with E-state index in [9.17, 15) is 0 Å². The molecule has 3 aromatic rings. The molecule has 22 heavy (non-hydrogen) atoms. The highest BCUT2D eigenvalue weighted by Gasteiger charge is 2.10. The molecule has 3 aromatic heterocycles. The fraction of sp³-hybridized carbons (Fsp3) is 0.250. The lowest BCUT2D eigenvalue weighted by Crippen LogP contribution is -2.02. The van der Waals surface area contributed by atoms with Gasteiger partial charge < -0.3 is 5.73 Å². The second-order valence-electron chi connectivity index (χ2n) is 5.17. The van der Waals surface area contributed by atoms with Crippen molar-refractivity contribution < 1.29 is 0 Å². The Morgan fingerprint density at radius 3 is 2.73 bits per heavy atom. The summed E-state index contributed by atoms with van der Waals surface area (Å²) >= 11 is 3.42. The van der Waals surface area contributed by atoms with Gasteiger partial charge in [-0.05, 0) is 53.0 Å². The number of hydrogen-bond acceptors (Lipinski definition) is 5. The van der Waals surface area contributed by atoms with E-state index in [4.69, 9.17) is 10.7 Å². The number of nitrogen functional groups attached to an aromatic ring is 1. The minimum atomic E-state index is 0.298. The molecule has 0 aliphatic rings. The molecule has 0 spiro atoms. The van der Waals surface area contributed by atoms with Gasteiger partial charge in [-0.2, -0.15) is 0 Å². The molecule has 0 aliphatic carbocycles. The van der Waals surface area contributed by atoms with E-state index in [0.717, 1.165) is 51.0 Å². The molecule has 0 radical (unpaired) electrons. The van der Waals surface area contributed by atoms with Gasteiger partial charge >= 0.3 is 0 Å². The number of halogens is 1. The highest BCUT2D eigenvalue weighted by molar-refractivity contribution is 9.10. The Labute approximate surface area is 137 Å². The zero-order valence-corrected chi connectivity index (χ0v) is 14.1. The van der Waals surface area contributed by atoms with Gasteiger partial charge in [-0.1, -0.05) is 13.3 Å². The Bertz CT molecular complexity index is 847. The van der Waals surface area contributed by atoms with Crippen molar-refractivity contribution in [3.8, 4) is 11.3 Å². The number of rotatable bonds is 3. The van der Waals surface area contributed by atoms with Gasteiger partial charge in [-0.25, -0.2) is 19.9 Å². The molecule has 0 aromatic carbocycles. The maximum absolute atomic E-state index is 5.78. The topological polar surface area (TPSA) is 77.6 Å². The third kappa shape index (κ3) is 2.78. The van der Waals surface area contributed by atoms with E-state index in [1.54, 1.807) is 0 Å². The number of aromatic nitrogens is 4. The number of fused-ring (bicyclic) bond motifs is 1. The van der Waals surface area contributed by atoms with Crippen molar-refractivity contribution in [2.45, 2.75) is 26.7 Å². The van der Waals surface area contributed by atoms with Gasteiger partial charge in [0.2, 0.25) is 5.95 Å². The van der Waals surface area contributed by atoms with Crippen molar-refractivity contribution in [3.05, 3.63) is 40.3 Å². The molecular formula is C16H16BrN5. The van der Waals surface area contributed by atoms with Crippen molar-refractivity contribution >= 4 is 32.9 Å². The Morgan fingerprint density at radius 1 is 1.18 bits per heavy atom. The zero-order chi connectivity index (χ0) is 15.7. The van der Waals surface area contributed by atoms with Crippen molar-refractivity contribution in [1.82, 2.24) is 19.9 Å². The third-order valence-electron chi connectivity index (χ3n) is 3.43. The number of nitrogens with zero attached hydrogens (tertiary/aromatic N) is 4. The van der Waals surface area contributed by atoms with Crippen LogP contribution in [0.2, 0.25) is 0 Å². The fourth-order valence-corrected chi connectivity index (χ4v) is 2.58. The average molecular weight is 358 g/mol. The first kappa shape index (κ1) is 14.8. The maximum Gasteiger partial charge on any atom is 0.220 e. The Morgan fingerprint density at radius 2 is 2.00 bits per heavy atom. The molecule has 0 aliphatic heterocycles. The summed E-state index contributed by atoms with van der Waals surface area (Å²) in [5.41, 5.74) is 11.2. The van der Waals surface area contributed by atoms with E-state index in [-0.39, 0.29) is 0 Å². The molecule has 0 fully saturated rings. The van der Waals surface area contributed by atoms with Crippen LogP contribution in [0.1, 0.15) is 24.6 Å². The highest BCUT2D eigenvalue weighted by atomic mass is 79.9. The summed E-state index contributed by atoms with van der Waals surface area (Å²) in [7, 11) is 0. The van der Waals surface area contributed by atoms with E-state index in [2.05, 4.69) is 43.9 Å². The van der Waals surface area contributed by atoms with Gasteiger partial charge in [-0.15, -0.1) is 0 Å². The summed E-state index contributed by atoms with van der Waals surface area (Å²) in [4.78, 5) is 17.7. The van der Waals surface area contributed by atoms with Crippen LogP contribution in [0.4, 0.5) is 5.95 Å². The van der Waals surface area contributed by atoms with Crippen molar-refractivity contribution in [1.29, 1.82) is 0 Å². The van der Waals surface area contributed by atoms with Crippen LogP contribution in [0.5, 0.6) is 0 Å². The average Bonchev–Trinajstić information content (AvgIpc) is 2.50. The molecular weight excluding hydrogens is 342 g/mol. The van der Waals surface area contributed by atoms with Crippen LogP contribution < -0.4 is 5.73 Å². The molecule has 0 atom stereocenters. The van der Waals surface area contributed by atoms with Gasteiger partial charge in [-0.3, -0.25) is 0 Å². The van der Waals surface area contributed by atoms with E-state index < -0.39 is 0 Å². The van der Waals surface area contributed by atoms with E-state index in [1.807, 2.05) is 25.3 Å². The number of aryl methyl sites for hydroxylation is 2. The van der Waals surface area contributed by atoms with Crippen molar-refractivity contribution in [2.24, 2.45) is 0 Å². The van der Waals surface area contributed by atoms with Gasteiger partial charge in [0.1, 0.15) is 10.1 Å². The van der Waals surface area contributed by atoms with Crippen LogP contribution in [0.3, 0.4) is 0 Å². The first-order valence-corrected chi connectivity index (χ1v) is 7.93. The third-order valence-corrected chi connectivity index (χ3v) is 4.26. The molecule has 3 rings (SSSR count). The van der Waals surface area contributed by atoms with E-state index in [1.165, 1.54) is 0 Å². The molecule has 0 saturated heterocycles. The molecule has 5 nitrogen and oxygen atoms in total. The SMILES string of the molecule is CCCc1nc(N)nc2ccc(-c3cnc(Br)c(C)c3)nc12. The van der Waals surface area contributed by atoms with Gasteiger partial charge in [0.15, 0.2) is 0 Å². The number of pyridine rings is 2. The summed E-state index contributed by atoms with van der Waals surface area (Å²) in [5.74, 6) is 0.298. The van der Waals surface area contributed by atoms with Gasteiger partial charge in [0, 0.05) is 11.8 Å². The van der Waals surface area contributed by atoms with E-state index >= 15 is 0 Å². The molecule has 6 heteroatoms. The number of anilines is 1. The van der Waals surface area contributed by atoms with E-state index in [0.29, 0.717) is 5.95 Å². The van der Waals surface area contributed by atoms with Crippen LogP contribution in [-0.4, -0.2) is 19.9 Å². The standard InChI is InChI=1S/C16H16BrN5/c1-3-4-12-14-13(22-16(18)21-12)6-5-11(20-14)10-7-9(2)15(17)19-8-10/h5-8H,3-4H2,1-2H3,(H2,18,21,22). The van der Waals surface area contributed by atoms with Gasteiger partial charge in [0.05, 0.1) is 16.9 Å². The summed E-state index contributed by atoms with van der Waals surface area (Å²) < 4.78 is 0.847. The Balaban J connectivity index is 2.17. The number of hydrogen-bond donors (Lipinski definition) is 1. The molecule has 0 unspecified atom stereocenters. The predicted octanol–water partition coefficient (Wildman–Crippen LogP) is 3.69. The molecule has 2 N–H and O–H groups in total. The van der Waals surface area contributed by atoms with Crippen LogP contribution >= 0.6 is 15.9 Å². The summed E-state index contributed by atoms with van der Waals surface area (Å²) in [6.07, 6.45) is 3.62. The first-order valence-electron chi connectivity index (χ1n) is 7.14. The summed E-state index contributed by atoms with van der Waals surface area (Å²) in [6.45, 7) is 4.12. The maximum atomic E-state index is 5.78. The molecule has 0 saturated carbocycles. The number of nitrogens with two attached hydrogens (primary N) is 1. The monoisotopic (exact) mass is 357 g/mol. The lowest BCUT2D eigenvalue weighted by molar-refractivity contribution is 0.885. The fourth-order valence-electron chi connectivity index (χ4n) is 2.36. The van der Waals surface area contributed by atoms with Crippen LogP contribution in [-0.2, 0) is 6.42 Å². The molecule has 112 valence electrons. The second-order valence-corrected chi connectivity index (χ2v) is 5.93. The van der Waals surface area contributed by atoms with Crippen LogP contribution in [0.15, 0.2) is 29.0 Å². The first-order chi connectivity index (χ1) is 10.6. The normalized spacial score (nSPS) is 11.0. The minimum Gasteiger partial charge on any atom is -0.368 e. The second kappa shape index (κ2) is 5.96. The lowest BCUT2D eigenvalue weighted by Gasteiger charge is -2.08. The smallest absolute Gasteiger partial charge is 0.220 e. The van der Waals surface area contributed by atoms with Crippen LogP contribution in [0.25, 0.3) is 22.3 Å². The van der Waals surface area contributed by atoms with Crippen molar-refractivity contribution in [3.63, 3.8) is 0 Å². The molecule has 3 heterocycles. The predicted molar refractivity (Wildman–Crippen MR) is 91.4 cm³/mol. The molecule has 0 bridgehead atoms. The molecule has 0 amide bonds. The summed E-state index contributed by atoms with van der Waals surface area (Å²) in [6, 6.07) is 5.93. The Kier molecular flexibility index (Phi) is 4.02. The van der Waals surface area contributed by atoms with Crippen LogP contribution in [0, 0.1) is 6.92 Å². The zero-order valence-electron chi connectivity index (χ0n) is 12.5. The Hall–Kier alpha value is -2.08. The minimum absolute atomic E-state index is 0.298.